The van der Waals surface area contributed by atoms with Gasteiger partial charge in [0.15, 0.2) is 5.13 Å². The molecule has 1 saturated heterocycles. The quantitative estimate of drug-likeness (QED) is 0.667. The lowest BCUT2D eigenvalue weighted by atomic mass is 9.74. The maximum atomic E-state index is 13.2. The van der Waals surface area contributed by atoms with E-state index in [0.29, 0.717) is 26.1 Å². The van der Waals surface area contributed by atoms with E-state index in [9.17, 15) is 4.79 Å². The molecule has 1 fully saturated rings. The van der Waals surface area contributed by atoms with E-state index in [1.54, 1.807) is 30.8 Å². The van der Waals surface area contributed by atoms with Crippen LogP contribution in [0.3, 0.4) is 0 Å². The summed E-state index contributed by atoms with van der Waals surface area (Å²) in [5, 5.41) is 5.99. The van der Waals surface area contributed by atoms with E-state index < -0.39 is 5.41 Å². The number of nitrogens with zero attached hydrogens (tertiary/aromatic N) is 3. The average molecular weight is 395 g/mol. The monoisotopic (exact) mass is 394 g/mol. The van der Waals surface area contributed by atoms with Gasteiger partial charge in [0, 0.05) is 30.9 Å². The number of amides is 1. The van der Waals surface area contributed by atoms with Crippen molar-refractivity contribution in [3.05, 3.63) is 71.5 Å². The maximum absolute atomic E-state index is 13.2. The summed E-state index contributed by atoms with van der Waals surface area (Å²) in [6.45, 7) is 1.72. The zero-order valence-electron chi connectivity index (χ0n) is 15.7. The third-order valence-corrected chi connectivity index (χ3v) is 5.82. The van der Waals surface area contributed by atoms with Crippen molar-refractivity contribution in [2.75, 3.05) is 25.1 Å². The number of aromatic nitrogens is 2. The van der Waals surface area contributed by atoms with Crippen LogP contribution in [0.4, 0.5) is 5.13 Å². The number of carbonyl (C=O) groups is 1. The lowest BCUT2D eigenvalue weighted by Gasteiger charge is -2.49. The molecule has 0 aliphatic carbocycles. The van der Waals surface area contributed by atoms with Gasteiger partial charge in [-0.2, -0.15) is 0 Å². The SMILES string of the molecule is COc1cccc(CC2(C(=O)NCc3ccccn3)CN(c3nccs3)C2)c1. The van der Waals surface area contributed by atoms with E-state index in [-0.39, 0.29) is 5.91 Å². The minimum absolute atomic E-state index is 0.0498. The fourth-order valence-corrected chi connectivity index (χ4v) is 4.20. The molecule has 3 aromatic rings. The number of rotatable bonds is 7. The second-order valence-electron chi connectivity index (χ2n) is 6.98. The Balaban J connectivity index is 1.50. The minimum atomic E-state index is -0.493. The highest BCUT2D eigenvalue weighted by atomic mass is 32.1. The first-order valence-corrected chi connectivity index (χ1v) is 10.0. The summed E-state index contributed by atoms with van der Waals surface area (Å²) in [5.74, 6) is 0.853. The van der Waals surface area contributed by atoms with Gasteiger partial charge in [0.25, 0.3) is 0 Å². The molecule has 1 aliphatic rings. The van der Waals surface area contributed by atoms with E-state index in [0.717, 1.165) is 22.1 Å². The molecular weight excluding hydrogens is 372 g/mol. The summed E-state index contributed by atoms with van der Waals surface area (Å²) in [6, 6.07) is 13.6. The molecule has 3 heterocycles. The van der Waals surface area contributed by atoms with Crippen molar-refractivity contribution in [2.45, 2.75) is 13.0 Å². The predicted molar refractivity (Wildman–Crippen MR) is 110 cm³/mol. The Hall–Kier alpha value is -2.93. The Morgan fingerprint density at radius 2 is 2.11 bits per heavy atom. The third kappa shape index (κ3) is 3.84. The van der Waals surface area contributed by atoms with Gasteiger partial charge in [-0.05, 0) is 36.2 Å². The minimum Gasteiger partial charge on any atom is -0.497 e. The molecule has 0 spiro atoms. The van der Waals surface area contributed by atoms with E-state index >= 15 is 0 Å². The number of thiazole rings is 1. The molecule has 0 saturated carbocycles. The topological polar surface area (TPSA) is 67.3 Å². The fourth-order valence-electron chi connectivity index (χ4n) is 3.56. The predicted octanol–water partition coefficient (Wildman–Crippen LogP) is 2.91. The number of carbonyl (C=O) groups excluding carboxylic acids is 1. The van der Waals surface area contributed by atoms with Gasteiger partial charge in [-0.3, -0.25) is 9.78 Å². The third-order valence-electron chi connectivity index (χ3n) is 4.99. The zero-order chi connectivity index (χ0) is 19.4. The molecule has 4 rings (SSSR count). The van der Waals surface area contributed by atoms with Crippen LogP contribution in [0.25, 0.3) is 0 Å². The van der Waals surface area contributed by atoms with Gasteiger partial charge in [-0.25, -0.2) is 4.98 Å². The summed E-state index contributed by atoms with van der Waals surface area (Å²) in [4.78, 5) is 24.0. The molecule has 1 N–H and O–H groups in total. The first-order chi connectivity index (χ1) is 13.7. The van der Waals surface area contributed by atoms with Crippen molar-refractivity contribution in [3.63, 3.8) is 0 Å². The van der Waals surface area contributed by atoms with Crippen LogP contribution in [-0.2, 0) is 17.8 Å². The smallest absolute Gasteiger partial charge is 0.230 e. The number of benzene rings is 1. The fraction of sp³-hybridized carbons (Fsp3) is 0.286. The average Bonchev–Trinajstić information content (AvgIpc) is 3.24. The number of hydrogen-bond donors (Lipinski definition) is 1. The Morgan fingerprint density at radius 3 is 2.82 bits per heavy atom. The van der Waals surface area contributed by atoms with Gasteiger partial charge in [-0.15, -0.1) is 11.3 Å². The molecule has 7 heteroatoms. The maximum Gasteiger partial charge on any atom is 0.230 e. The van der Waals surface area contributed by atoms with Gasteiger partial charge in [0.1, 0.15) is 5.75 Å². The molecule has 0 unspecified atom stereocenters. The van der Waals surface area contributed by atoms with Crippen molar-refractivity contribution in [1.29, 1.82) is 0 Å². The van der Waals surface area contributed by atoms with E-state index in [1.165, 1.54) is 0 Å². The summed E-state index contributed by atoms with van der Waals surface area (Å²) in [7, 11) is 1.65. The number of anilines is 1. The van der Waals surface area contributed by atoms with Gasteiger partial charge >= 0.3 is 0 Å². The number of nitrogens with one attached hydrogen (secondary N) is 1. The van der Waals surface area contributed by atoms with Crippen molar-refractivity contribution in [1.82, 2.24) is 15.3 Å². The van der Waals surface area contributed by atoms with Crippen molar-refractivity contribution >= 4 is 22.4 Å². The van der Waals surface area contributed by atoms with Crippen LogP contribution in [0.2, 0.25) is 0 Å². The number of pyridine rings is 1. The molecule has 1 amide bonds. The highest BCUT2D eigenvalue weighted by Gasteiger charge is 2.49. The normalized spacial score (nSPS) is 15.0. The molecular formula is C21H22N4O2S. The van der Waals surface area contributed by atoms with Crippen molar-refractivity contribution in [2.24, 2.45) is 5.41 Å². The van der Waals surface area contributed by atoms with E-state index in [1.807, 2.05) is 47.8 Å². The standard InChI is InChI=1S/C21H22N4O2S/c1-27-18-7-4-5-16(11-18)12-21(14-25(15-21)20-23-9-10-28-20)19(26)24-13-17-6-2-3-8-22-17/h2-11H,12-15H2,1H3,(H,24,26). The Bertz CT molecular complexity index is 925. The van der Waals surface area contributed by atoms with Crippen LogP contribution < -0.4 is 15.0 Å². The van der Waals surface area contributed by atoms with Crippen LogP contribution >= 0.6 is 11.3 Å². The summed E-state index contributed by atoms with van der Waals surface area (Å²) < 4.78 is 5.34. The Kier molecular flexibility index (Phi) is 5.25. The first-order valence-electron chi connectivity index (χ1n) is 9.14. The van der Waals surface area contributed by atoms with Crippen molar-refractivity contribution < 1.29 is 9.53 Å². The first kappa shape index (κ1) is 18.4. The van der Waals surface area contributed by atoms with Gasteiger partial charge in [0.2, 0.25) is 5.91 Å². The van der Waals surface area contributed by atoms with Crippen LogP contribution in [0.1, 0.15) is 11.3 Å². The second-order valence-corrected chi connectivity index (χ2v) is 7.86. The van der Waals surface area contributed by atoms with Crippen LogP contribution in [0.5, 0.6) is 5.75 Å². The number of methoxy groups -OCH3 is 1. The van der Waals surface area contributed by atoms with Crippen LogP contribution in [0, 0.1) is 5.41 Å². The highest BCUT2D eigenvalue weighted by molar-refractivity contribution is 7.13. The molecule has 144 valence electrons. The zero-order valence-corrected chi connectivity index (χ0v) is 16.5. The van der Waals surface area contributed by atoms with E-state index in [4.69, 9.17) is 4.74 Å². The Labute approximate surface area is 168 Å². The molecule has 0 bridgehead atoms. The van der Waals surface area contributed by atoms with Crippen LogP contribution in [0.15, 0.2) is 60.2 Å². The number of hydrogen-bond acceptors (Lipinski definition) is 6. The molecule has 0 radical (unpaired) electrons. The number of ether oxygens (including phenoxy) is 1. The lowest BCUT2D eigenvalue weighted by molar-refractivity contribution is -0.132. The van der Waals surface area contributed by atoms with E-state index in [2.05, 4.69) is 20.2 Å². The molecule has 28 heavy (non-hydrogen) atoms. The Morgan fingerprint density at radius 1 is 1.21 bits per heavy atom. The molecule has 2 aromatic heterocycles. The van der Waals surface area contributed by atoms with Crippen LogP contribution in [-0.4, -0.2) is 36.1 Å². The molecule has 1 aliphatic heterocycles. The lowest BCUT2D eigenvalue weighted by Crippen LogP contribution is -2.64. The largest absolute Gasteiger partial charge is 0.497 e. The molecule has 0 atom stereocenters. The highest BCUT2D eigenvalue weighted by Crippen LogP contribution is 2.39. The molecule has 1 aromatic carbocycles. The second kappa shape index (κ2) is 7.98. The van der Waals surface area contributed by atoms with Gasteiger partial charge in [-0.1, -0.05) is 18.2 Å². The van der Waals surface area contributed by atoms with Crippen molar-refractivity contribution in [3.8, 4) is 5.75 Å². The molecule has 6 nitrogen and oxygen atoms in total. The van der Waals surface area contributed by atoms with Gasteiger partial charge < -0.3 is 15.0 Å². The van der Waals surface area contributed by atoms with Gasteiger partial charge in [0.05, 0.1) is 24.8 Å². The summed E-state index contributed by atoms with van der Waals surface area (Å²) >= 11 is 1.60. The summed E-state index contributed by atoms with van der Waals surface area (Å²) in [5.41, 5.74) is 1.45. The summed E-state index contributed by atoms with van der Waals surface area (Å²) in [6.07, 6.45) is 4.18.